The summed E-state index contributed by atoms with van der Waals surface area (Å²) in [6, 6.07) is 16.2. The molecule has 0 aliphatic carbocycles. The van der Waals surface area contributed by atoms with Gasteiger partial charge in [-0.15, -0.1) is 0 Å². The number of hydrogen-bond donors (Lipinski definition) is 1. The number of carbonyl (C=O) groups excluding carboxylic acids is 2. The molecule has 5 nitrogen and oxygen atoms in total. The SMILES string of the molecule is COC(=O)c1cc(Cl)ccc1NC(=O)C=Cc1cccc(-c2cccnc2)c1. The maximum atomic E-state index is 12.3. The normalized spacial score (nSPS) is 10.6. The lowest BCUT2D eigenvalue weighted by atomic mass is 10.0. The van der Waals surface area contributed by atoms with Crippen molar-refractivity contribution in [2.24, 2.45) is 0 Å². The molecule has 28 heavy (non-hydrogen) atoms. The second kappa shape index (κ2) is 8.97. The Labute approximate surface area is 167 Å². The van der Waals surface area contributed by atoms with E-state index in [1.165, 1.54) is 19.3 Å². The molecule has 1 heterocycles. The van der Waals surface area contributed by atoms with Gasteiger partial charge in [-0.1, -0.05) is 35.9 Å². The van der Waals surface area contributed by atoms with Gasteiger partial charge in [-0.2, -0.15) is 0 Å². The highest BCUT2D eigenvalue weighted by molar-refractivity contribution is 6.31. The number of amides is 1. The third-order valence-corrected chi connectivity index (χ3v) is 4.19. The number of ether oxygens (including phenoxy) is 1. The zero-order valence-corrected chi connectivity index (χ0v) is 15.8. The molecule has 0 radical (unpaired) electrons. The molecule has 0 spiro atoms. The third-order valence-electron chi connectivity index (χ3n) is 3.95. The fraction of sp³-hybridized carbons (Fsp3) is 0.0455. The van der Waals surface area contributed by atoms with Crippen LogP contribution in [0, 0.1) is 0 Å². The van der Waals surface area contributed by atoms with E-state index >= 15 is 0 Å². The molecular weight excluding hydrogens is 376 g/mol. The number of benzene rings is 2. The quantitative estimate of drug-likeness (QED) is 0.498. The van der Waals surface area contributed by atoms with Crippen molar-refractivity contribution in [2.45, 2.75) is 0 Å². The van der Waals surface area contributed by atoms with Crippen LogP contribution in [0.25, 0.3) is 17.2 Å². The van der Waals surface area contributed by atoms with Crippen LogP contribution in [-0.2, 0) is 9.53 Å². The van der Waals surface area contributed by atoms with Crippen LogP contribution in [0.4, 0.5) is 5.69 Å². The van der Waals surface area contributed by atoms with Crippen molar-refractivity contribution < 1.29 is 14.3 Å². The van der Waals surface area contributed by atoms with E-state index in [0.717, 1.165) is 16.7 Å². The number of pyridine rings is 1. The van der Waals surface area contributed by atoms with Gasteiger partial charge in [0.25, 0.3) is 0 Å². The van der Waals surface area contributed by atoms with Crippen LogP contribution in [0.5, 0.6) is 0 Å². The largest absolute Gasteiger partial charge is 0.465 e. The van der Waals surface area contributed by atoms with E-state index in [0.29, 0.717) is 10.7 Å². The van der Waals surface area contributed by atoms with Gasteiger partial charge in [0.2, 0.25) is 5.91 Å². The van der Waals surface area contributed by atoms with Crippen molar-refractivity contribution in [2.75, 3.05) is 12.4 Å². The topological polar surface area (TPSA) is 68.3 Å². The van der Waals surface area contributed by atoms with Gasteiger partial charge in [-0.05, 0) is 47.5 Å². The number of anilines is 1. The summed E-state index contributed by atoms with van der Waals surface area (Å²) in [4.78, 5) is 28.3. The van der Waals surface area contributed by atoms with Crippen LogP contribution < -0.4 is 5.32 Å². The van der Waals surface area contributed by atoms with Gasteiger partial charge in [-0.3, -0.25) is 9.78 Å². The average molecular weight is 393 g/mol. The number of aromatic nitrogens is 1. The van der Waals surface area contributed by atoms with Crippen molar-refractivity contribution in [3.05, 3.63) is 89.2 Å². The van der Waals surface area contributed by atoms with Crippen molar-refractivity contribution in [3.63, 3.8) is 0 Å². The summed E-state index contributed by atoms with van der Waals surface area (Å²) in [5.74, 6) is -0.954. The molecule has 0 saturated heterocycles. The van der Waals surface area contributed by atoms with Crippen LogP contribution >= 0.6 is 11.6 Å². The lowest BCUT2D eigenvalue weighted by molar-refractivity contribution is -0.111. The molecular formula is C22H17ClN2O3. The minimum Gasteiger partial charge on any atom is -0.465 e. The summed E-state index contributed by atoms with van der Waals surface area (Å²) in [5, 5.41) is 3.05. The molecule has 1 amide bonds. The second-order valence-electron chi connectivity index (χ2n) is 5.87. The maximum absolute atomic E-state index is 12.3. The minimum absolute atomic E-state index is 0.190. The monoisotopic (exact) mass is 392 g/mol. The number of carbonyl (C=O) groups is 2. The predicted octanol–water partition coefficient (Wildman–Crippen LogP) is 4.84. The Morgan fingerprint density at radius 2 is 1.89 bits per heavy atom. The van der Waals surface area contributed by atoms with Crippen LogP contribution in [-0.4, -0.2) is 24.0 Å². The number of hydrogen-bond acceptors (Lipinski definition) is 4. The van der Waals surface area contributed by atoms with Crippen LogP contribution in [0.1, 0.15) is 15.9 Å². The molecule has 6 heteroatoms. The maximum Gasteiger partial charge on any atom is 0.340 e. The first-order chi connectivity index (χ1) is 13.6. The summed E-state index contributed by atoms with van der Waals surface area (Å²) in [5.41, 5.74) is 3.37. The zero-order chi connectivity index (χ0) is 19.9. The third kappa shape index (κ3) is 4.84. The lowest BCUT2D eigenvalue weighted by Crippen LogP contribution is -2.13. The number of esters is 1. The average Bonchev–Trinajstić information content (AvgIpc) is 2.74. The highest BCUT2D eigenvalue weighted by Crippen LogP contribution is 2.22. The Kier molecular flexibility index (Phi) is 6.19. The zero-order valence-electron chi connectivity index (χ0n) is 15.1. The fourth-order valence-corrected chi connectivity index (χ4v) is 2.78. The van der Waals surface area contributed by atoms with Crippen molar-refractivity contribution in [1.29, 1.82) is 0 Å². The molecule has 0 saturated carbocycles. The minimum atomic E-state index is -0.578. The molecule has 3 rings (SSSR count). The Hall–Kier alpha value is -3.44. The van der Waals surface area contributed by atoms with E-state index < -0.39 is 5.97 Å². The smallest absolute Gasteiger partial charge is 0.340 e. The number of nitrogens with zero attached hydrogens (tertiary/aromatic N) is 1. The number of nitrogens with one attached hydrogen (secondary N) is 1. The second-order valence-corrected chi connectivity index (χ2v) is 6.31. The van der Waals surface area contributed by atoms with E-state index in [-0.39, 0.29) is 11.5 Å². The number of rotatable bonds is 5. The van der Waals surface area contributed by atoms with Gasteiger partial charge >= 0.3 is 5.97 Å². The van der Waals surface area contributed by atoms with Gasteiger partial charge in [0.05, 0.1) is 18.4 Å². The van der Waals surface area contributed by atoms with E-state index in [4.69, 9.17) is 16.3 Å². The van der Waals surface area contributed by atoms with Crippen LogP contribution in [0.2, 0.25) is 5.02 Å². The Balaban J connectivity index is 1.76. The molecule has 2 aromatic carbocycles. The van der Waals surface area contributed by atoms with Gasteiger partial charge < -0.3 is 10.1 Å². The molecule has 0 bridgehead atoms. The first-order valence-electron chi connectivity index (χ1n) is 8.44. The van der Waals surface area contributed by atoms with Crippen LogP contribution in [0.3, 0.4) is 0 Å². The van der Waals surface area contributed by atoms with Gasteiger partial charge in [-0.25, -0.2) is 4.79 Å². The highest BCUT2D eigenvalue weighted by atomic mass is 35.5. The molecule has 3 aromatic rings. The Morgan fingerprint density at radius 3 is 2.64 bits per heavy atom. The number of methoxy groups -OCH3 is 1. The van der Waals surface area contributed by atoms with E-state index in [2.05, 4.69) is 10.3 Å². The summed E-state index contributed by atoms with van der Waals surface area (Å²) in [6.07, 6.45) is 6.60. The summed E-state index contributed by atoms with van der Waals surface area (Å²) in [6.45, 7) is 0. The highest BCUT2D eigenvalue weighted by Gasteiger charge is 2.13. The first kappa shape index (κ1) is 19.3. The Morgan fingerprint density at radius 1 is 1.07 bits per heavy atom. The van der Waals surface area contributed by atoms with Crippen molar-refractivity contribution in [1.82, 2.24) is 4.98 Å². The summed E-state index contributed by atoms with van der Waals surface area (Å²) in [7, 11) is 1.27. The van der Waals surface area contributed by atoms with Gasteiger partial charge in [0.15, 0.2) is 0 Å². The molecule has 0 fully saturated rings. The van der Waals surface area contributed by atoms with E-state index in [1.54, 1.807) is 30.6 Å². The van der Waals surface area contributed by atoms with E-state index in [1.807, 2.05) is 36.4 Å². The molecule has 140 valence electrons. The summed E-state index contributed by atoms with van der Waals surface area (Å²) < 4.78 is 4.73. The molecule has 0 atom stereocenters. The first-order valence-corrected chi connectivity index (χ1v) is 8.82. The standard InChI is InChI=1S/C22H17ClN2O3/c1-28-22(27)19-13-18(23)8-9-20(19)25-21(26)10-7-15-4-2-5-16(12-15)17-6-3-11-24-14-17/h2-14H,1H3,(H,25,26). The number of halogens is 1. The Bertz CT molecular complexity index is 1030. The predicted molar refractivity (Wildman–Crippen MR) is 110 cm³/mol. The molecule has 0 unspecified atom stereocenters. The van der Waals surface area contributed by atoms with Gasteiger partial charge in [0.1, 0.15) is 0 Å². The lowest BCUT2D eigenvalue weighted by Gasteiger charge is -2.08. The van der Waals surface area contributed by atoms with Crippen molar-refractivity contribution in [3.8, 4) is 11.1 Å². The molecule has 0 aliphatic rings. The molecule has 1 aromatic heterocycles. The van der Waals surface area contributed by atoms with Gasteiger partial charge in [0, 0.05) is 29.1 Å². The fourth-order valence-electron chi connectivity index (χ4n) is 2.61. The van der Waals surface area contributed by atoms with Crippen LogP contribution in [0.15, 0.2) is 73.1 Å². The van der Waals surface area contributed by atoms with Crippen molar-refractivity contribution >= 4 is 35.2 Å². The molecule has 1 N–H and O–H groups in total. The van der Waals surface area contributed by atoms with E-state index in [9.17, 15) is 9.59 Å². The molecule has 0 aliphatic heterocycles. The summed E-state index contributed by atoms with van der Waals surface area (Å²) >= 11 is 5.92.